The third-order valence-corrected chi connectivity index (χ3v) is 2.38. The summed E-state index contributed by atoms with van der Waals surface area (Å²) in [7, 11) is 3.27. The molecule has 0 aromatic heterocycles. The lowest BCUT2D eigenvalue weighted by molar-refractivity contribution is -0.117. The van der Waals surface area contributed by atoms with Gasteiger partial charge >= 0.3 is 0 Å². The number of hydrogen-bond acceptors (Lipinski definition) is 4. The number of hydrogen-bond donors (Lipinski definition) is 1. The van der Waals surface area contributed by atoms with Crippen molar-refractivity contribution >= 4 is 5.91 Å². The fourth-order valence-corrected chi connectivity index (χ4v) is 1.27. The molecular weight excluding hydrogens is 234 g/mol. The molecule has 18 heavy (non-hydrogen) atoms. The lowest BCUT2D eigenvalue weighted by atomic mass is 10.3. The molecule has 0 saturated carbocycles. The quantitative estimate of drug-likeness (QED) is 0.446. The number of carbonyl (C=O) groups excluding carboxylic acids is 1. The predicted octanol–water partition coefficient (Wildman–Crippen LogP) is 1.14. The van der Waals surface area contributed by atoms with Gasteiger partial charge in [0, 0.05) is 32.9 Å². The van der Waals surface area contributed by atoms with Crippen molar-refractivity contribution < 1.29 is 19.0 Å². The molecule has 1 amide bonds. The second kappa shape index (κ2) is 11.2. The standard InChI is InChI=1S/C13H25NO4/c1-11(2)13(15)14-7-5-6-8-18-10-12(17-4)9-16-3/h12H,1,5-10H2,2-4H3,(H,14,15). The third kappa shape index (κ3) is 9.15. The fourth-order valence-electron chi connectivity index (χ4n) is 1.27. The van der Waals surface area contributed by atoms with Crippen molar-refractivity contribution in [2.45, 2.75) is 25.9 Å². The Morgan fingerprint density at radius 1 is 1.28 bits per heavy atom. The number of methoxy groups -OCH3 is 2. The molecule has 1 unspecified atom stereocenters. The van der Waals surface area contributed by atoms with Gasteiger partial charge in [0.1, 0.15) is 6.10 Å². The Hall–Kier alpha value is -0.910. The zero-order valence-corrected chi connectivity index (χ0v) is 11.7. The minimum atomic E-state index is -0.0875. The molecule has 0 fully saturated rings. The zero-order valence-electron chi connectivity index (χ0n) is 11.7. The molecule has 106 valence electrons. The summed E-state index contributed by atoms with van der Waals surface area (Å²) in [6.45, 7) is 7.64. The highest BCUT2D eigenvalue weighted by Gasteiger charge is 2.06. The first-order valence-corrected chi connectivity index (χ1v) is 6.15. The first kappa shape index (κ1) is 17.1. The first-order valence-electron chi connectivity index (χ1n) is 6.15. The van der Waals surface area contributed by atoms with E-state index in [4.69, 9.17) is 14.2 Å². The molecule has 0 aliphatic heterocycles. The minimum absolute atomic E-state index is 0.0156. The van der Waals surface area contributed by atoms with Crippen molar-refractivity contribution in [3.63, 3.8) is 0 Å². The lowest BCUT2D eigenvalue weighted by Crippen LogP contribution is -2.25. The van der Waals surface area contributed by atoms with Crippen molar-refractivity contribution in [3.05, 3.63) is 12.2 Å². The molecule has 1 atom stereocenters. The number of ether oxygens (including phenoxy) is 3. The minimum Gasteiger partial charge on any atom is -0.382 e. The third-order valence-electron chi connectivity index (χ3n) is 2.38. The van der Waals surface area contributed by atoms with E-state index in [1.54, 1.807) is 21.1 Å². The largest absolute Gasteiger partial charge is 0.382 e. The van der Waals surface area contributed by atoms with Crippen LogP contribution < -0.4 is 5.32 Å². The molecule has 0 radical (unpaired) electrons. The molecule has 0 spiro atoms. The number of rotatable bonds is 11. The molecule has 0 aliphatic carbocycles. The van der Waals surface area contributed by atoms with Crippen LogP contribution in [0.3, 0.4) is 0 Å². The molecule has 5 heteroatoms. The average molecular weight is 259 g/mol. The number of carbonyl (C=O) groups is 1. The summed E-state index contributed by atoms with van der Waals surface area (Å²) in [5, 5.41) is 2.77. The van der Waals surface area contributed by atoms with Crippen molar-refractivity contribution in [1.82, 2.24) is 5.32 Å². The number of nitrogens with one attached hydrogen (secondary N) is 1. The lowest BCUT2D eigenvalue weighted by Gasteiger charge is -2.14. The molecule has 0 heterocycles. The maximum atomic E-state index is 11.2. The van der Waals surface area contributed by atoms with E-state index in [-0.39, 0.29) is 12.0 Å². The van der Waals surface area contributed by atoms with Crippen molar-refractivity contribution in [2.24, 2.45) is 0 Å². The predicted molar refractivity (Wildman–Crippen MR) is 70.5 cm³/mol. The van der Waals surface area contributed by atoms with Crippen LogP contribution in [0.4, 0.5) is 0 Å². The number of amides is 1. The van der Waals surface area contributed by atoms with E-state index in [0.29, 0.717) is 31.9 Å². The van der Waals surface area contributed by atoms with Crippen LogP contribution in [0.15, 0.2) is 12.2 Å². The van der Waals surface area contributed by atoms with Gasteiger partial charge in [0.2, 0.25) is 5.91 Å². The van der Waals surface area contributed by atoms with Gasteiger partial charge in [0.05, 0.1) is 13.2 Å². The fraction of sp³-hybridized carbons (Fsp3) is 0.769. The normalized spacial score (nSPS) is 12.2. The van der Waals surface area contributed by atoms with Crippen LogP contribution in [0.2, 0.25) is 0 Å². The number of unbranched alkanes of at least 4 members (excludes halogenated alkanes) is 1. The van der Waals surface area contributed by atoms with Crippen LogP contribution in [0, 0.1) is 0 Å². The van der Waals surface area contributed by atoms with Crippen molar-refractivity contribution in [2.75, 3.05) is 40.6 Å². The maximum absolute atomic E-state index is 11.2. The summed E-state index contributed by atoms with van der Waals surface area (Å²) < 4.78 is 15.6. The van der Waals surface area contributed by atoms with E-state index in [1.807, 2.05) is 0 Å². The van der Waals surface area contributed by atoms with E-state index in [9.17, 15) is 4.79 Å². The summed E-state index contributed by atoms with van der Waals surface area (Å²) in [5.41, 5.74) is 0.536. The van der Waals surface area contributed by atoms with Gasteiger partial charge in [-0.1, -0.05) is 6.58 Å². The second-order valence-corrected chi connectivity index (χ2v) is 4.13. The highest BCUT2D eigenvalue weighted by molar-refractivity contribution is 5.91. The molecule has 1 N–H and O–H groups in total. The molecule has 5 nitrogen and oxygen atoms in total. The van der Waals surface area contributed by atoms with Gasteiger partial charge in [-0.15, -0.1) is 0 Å². The maximum Gasteiger partial charge on any atom is 0.246 e. The van der Waals surface area contributed by atoms with Crippen molar-refractivity contribution in [1.29, 1.82) is 0 Å². The summed E-state index contributed by atoms with van der Waals surface area (Å²) in [6.07, 6.45) is 1.78. The Morgan fingerprint density at radius 3 is 2.56 bits per heavy atom. The molecule has 0 bridgehead atoms. The van der Waals surface area contributed by atoms with Crippen LogP contribution in [0.1, 0.15) is 19.8 Å². The summed E-state index contributed by atoms with van der Waals surface area (Å²) in [5.74, 6) is -0.0875. The van der Waals surface area contributed by atoms with Crippen LogP contribution in [-0.2, 0) is 19.0 Å². The smallest absolute Gasteiger partial charge is 0.246 e. The van der Waals surface area contributed by atoms with Gasteiger partial charge < -0.3 is 19.5 Å². The molecular formula is C13H25NO4. The monoisotopic (exact) mass is 259 g/mol. The Labute approximate surface area is 109 Å². The van der Waals surface area contributed by atoms with Gasteiger partial charge in [0.25, 0.3) is 0 Å². The van der Waals surface area contributed by atoms with Crippen LogP contribution in [0.25, 0.3) is 0 Å². The highest BCUT2D eigenvalue weighted by atomic mass is 16.5. The first-order chi connectivity index (χ1) is 8.61. The topological polar surface area (TPSA) is 56.8 Å². The highest BCUT2D eigenvalue weighted by Crippen LogP contribution is 1.95. The van der Waals surface area contributed by atoms with Gasteiger partial charge in [0.15, 0.2) is 0 Å². The Balaban J connectivity index is 3.35. The van der Waals surface area contributed by atoms with Gasteiger partial charge in [-0.25, -0.2) is 0 Å². The molecule has 0 aromatic carbocycles. The zero-order chi connectivity index (χ0) is 13.8. The SMILES string of the molecule is C=C(C)C(=O)NCCCCOCC(COC)OC. The van der Waals surface area contributed by atoms with Gasteiger partial charge in [-0.3, -0.25) is 4.79 Å². The second-order valence-electron chi connectivity index (χ2n) is 4.13. The van der Waals surface area contributed by atoms with Crippen LogP contribution in [-0.4, -0.2) is 52.6 Å². The van der Waals surface area contributed by atoms with E-state index in [1.165, 1.54) is 0 Å². The molecule has 0 aromatic rings. The van der Waals surface area contributed by atoms with Crippen molar-refractivity contribution in [3.8, 4) is 0 Å². The Bertz CT molecular complexity index is 243. The summed E-state index contributed by atoms with van der Waals surface area (Å²) in [6, 6.07) is 0. The molecule has 0 saturated heterocycles. The van der Waals surface area contributed by atoms with E-state index < -0.39 is 0 Å². The van der Waals surface area contributed by atoms with E-state index in [0.717, 1.165) is 12.8 Å². The van der Waals surface area contributed by atoms with Gasteiger partial charge in [-0.2, -0.15) is 0 Å². The van der Waals surface area contributed by atoms with Gasteiger partial charge in [-0.05, 0) is 19.8 Å². The van der Waals surface area contributed by atoms with Crippen LogP contribution >= 0.6 is 0 Å². The molecule has 0 rings (SSSR count). The van der Waals surface area contributed by atoms with E-state index in [2.05, 4.69) is 11.9 Å². The Kier molecular flexibility index (Phi) is 10.6. The summed E-state index contributed by atoms with van der Waals surface area (Å²) in [4.78, 5) is 11.2. The molecule has 0 aliphatic rings. The Morgan fingerprint density at radius 2 is 2.00 bits per heavy atom. The van der Waals surface area contributed by atoms with E-state index >= 15 is 0 Å². The van der Waals surface area contributed by atoms with Crippen LogP contribution in [0.5, 0.6) is 0 Å². The average Bonchev–Trinajstić information content (AvgIpc) is 2.35. The summed E-state index contributed by atoms with van der Waals surface area (Å²) >= 11 is 0.